The quantitative estimate of drug-likeness (QED) is 0.333. The molecule has 2 heterocycles. The van der Waals surface area contributed by atoms with Crippen LogP contribution in [0.1, 0.15) is 21.5 Å². The first-order valence-corrected chi connectivity index (χ1v) is 10.4. The van der Waals surface area contributed by atoms with Crippen molar-refractivity contribution in [3.05, 3.63) is 89.2 Å². The number of amides is 1. The Balaban J connectivity index is 1.26. The lowest BCUT2D eigenvalue weighted by Gasteiger charge is -2.10. The number of fused-ring (bicyclic) bond motifs is 1. The first-order chi connectivity index (χ1) is 17.0. The fourth-order valence-electron chi connectivity index (χ4n) is 3.39. The molecule has 5 aromatic rings. The zero-order valence-electron chi connectivity index (χ0n) is 18.2. The van der Waals surface area contributed by atoms with Crippen molar-refractivity contribution >= 4 is 22.6 Å². The van der Waals surface area contributed by atoms with Gasteiger partial charge < -0.3 is 19.2 Å². The Morgan fingerprint density at radius 3 is 2.69 bits per heavy atom. The number of ether oxygens (including phenoxy) is 2. The van der Waals surface area contributed by atoms with E-state index >= 15 is 0 Å². The molecular formula is C24H17F2N5O4. The van der Waals surface area contributed by atoms with Crippen molar-refractivity contribution in [1.29, 1.82) is 0 Å². The molecule has 176 valence electrons. The van der Waals surface area contributed by atoms with Gasteiger partial charge in [0.25, 0.3) is 5.91 Å². The van der Waals surface area contributed by atoms with Crippen molar-refractivity contribution in [2.45, 2.75) is 13.5 Å². The Labute approximate surface area is 196 Å². The van der Waals surface area contributed by atoms with E-state index in [2.05, 4.69) is 25.9 Å². The molecule has 9 nitrogen and oxygen atoms in total. The highest BCUT2D eigenvalue weighted by molar-refractivity contribution is 6.12. The van der Waals surface area contributed by atoms with Crippen LogP contribution in [0.25, 0.3) is 11.0 Å². The molecule has 2 N–H and O–H groups in total. The molecule has 5 rings (SSSR count). The number of nitrogens with zero attached hydrogens (tertiary/aromatic N) is 3. The number of aromatic amines is 1. The van der Waals surface area contributed by atoms with Crippen LogP contribution in [0.4, 0.5) is 14.5 Å². The van der Waals surface area contributed by atoms with Crippen LogP contribution in [-0.2, 0) is 6.61 Å². The predicted molar refractivity (Wildman–Crippen MR) is 120 cm³/mol. The molecule has 0 saturated heterocycles. The van der Waals surface area contributed by atoms with Crippen LogP contribution in [0.5, 0.6) is 17.5 Å². The van der Waals surface area contributed by atoms with Gasteiger partial charge in [0.1, 0.15) is 30.0 Å². The molecule has 0 fully saturated rings. The van der Waals surface area contributed by atoms with Gasteiger partial charge in [-0.05, 0) is 65.7 Å². The minimum absolute atomic E-state index is 0.150. The van der Waals surface area contributed by atoms with Crippen molar-refractivity contribution in [1.82, 2.24) is 20.6 Å². The van der Waals surface area contributed by atoms with Gasteiger partial charge in [-0.15, -0.1) is 0 Å². The first kappa shape index (κ1) is 22.0. The summed E-state index contributed by atoms with van der Waals surface area (Å²) in [5, 5.41) is 15.7. The van der Waals surface area contributed by atoms with Gasteiger partial charge in [0.15, 0.2) is 11.6 Å². The molecule has 0 aliphatic heterocycles. The van der Waals surface area contributed by atoms with Crippen molar-refractivity contribution in [2.24, 2.45) is 0 Å². The van der Waals surface area contributed by atoms with Crippen LogP contribution >= 0.6 is 0 Å². The molecule has 35 heavy (non-hydrogen) atoms. The van der Waals surface area contributed by atoms with Crippen molar-refractivity contribution < 1.29 is 27.5 Å². The predicted octanol–water partition coefficient (Wildman–Crippen LogP) is 5.16. The number of carbonyl (C=O) groups is 1. The molecule has 0 bridgehead atoms. The second-order valence-electron chi connectivity index (χ2n) is 7.56. The molecule has 0 atom stereocenters. The Morgan fingerprint density at radius 1 is 1.11 bits per heavy atom. The molecular weight excluding hydrogens is 460 g/mol. The second-order valence-corrected chi connectivity index (χ2v) is 7.56. The fourth-order valence-corrected chi connectivity index (χ4v) is 3.39. The molecule has 0 spiro atoms. The van der Waals surface area contributed by atoms with Gasteiger partial charge in [0.2, 0.25) is 0 Å². The second kappa shape index (κ2) is 9.21. The highest BCUT2D eigenvalue weighted by Crippen LogP contribution is 2.31. The summed E-state index contributed by atoms with van der Waals surface area (Å²) in [5.41, 5.74) is 2.57. The summed E-state index contributed by atoms with van der Waals surface area (Å²) in [7, 11) is 0. The summed E-state index contributed by atoms with van der Waals surface area (Å²) in [4.78, 5) is 12.8. The number of rotatable bonds is 7. The Hall–Kier alpha value is -4.80. The molecule has 0 saturated carbocycles. The highest BCUT2D eigenvalue weighted by Gasteiger charge is 2.18. The standard InChI is InChI=1S/C24H17F2N5O4/c1-13-8-15(25)3-2-14(13)11-33-17-6-4-16(5-7-17)27-23(32)19-12-34-21-10-22(20(26)9-18(19)21)35-24-28-30-31-29-24/h2-10,12H,11H2,1H3,(H,27,32)(H,28,29,30,31). The summed E-state index contributed by atoms with van der Waals surface area (Å²) < 4.78 is 44.1. The largest absolute Gasteiger partial charge is 0.489 e. The summed E-state index contributed by atoms with van der Waals surface area (Å²) >= 11 is 0. The van der Waals surface area contributed by atoms with E-state index in [1.807, 2.05) is 6.92 Å². The molecule has 3 aromatic carbocycles. The maximum absolute atomic E-state index is 14.5. The van der Waals surface area contributed by atoms with Crippen molar-refractivity contribution in [3.63, 3.8) is 0 Å². The average molecular weight is 477 g/mol. The monoisotopic (exact) mass is 477 g/mol. The van der Waals surface area contributed by atoms with Gasteiger partial charge in [-0.1, -0.05) is 16.3 Å². The van der Waals surface area contributed by atoms with Gasteiger partial charge in [-0.2, -0.15) is 5.21 Å². The minimum atomic E-state index is -0.726. The maximum atomic E-state index is 14.5. The maximum Gasteiger partial charge on any atom is 0.361 e. The number of tetrazole rings is 1. The lowest BCUT2D eigenvalue weighted by atomic mass is 10.1. The third kappa shape index (κ3) is 4.78. The third-order valence-corrected chi connectivity index (χ3v) is 5.21. The number of furan rings is 1. The normalized spacial score (nSPS) is 10.9. The molecule has 0 aliphatic rings. The number of aromatic nitrogens is 4. The topological polar surface area (TPSA) is 115 Å². The van der Waals surface area contributed by atoms with E-state index in [9.17, 15) is 13.6 Å². The van der Waals surface area contributed by atoms with Crippen LogP contribution in [-0.4, -0.2) is 26.5 Å². The lowest BCUT2D eigenvalue weighted by Crippen LogP contribution is -2.11. The van der Waals surface area contributed by atoms with Crippen LogP contribution in [0, 0.1) is 18.6 Å². The Morgan fingerprint density at radius 2 is 1.94 bits per heavy atom. The van der Waals surface area contributed by atoms with E-state index < -0.39 is 11.7 Å². The molecule has 0 radical (unpaired) electrons. The summed E-state index contributed by atoms with van der Waals surface area (Å²) in [6.45, 7) is 2.09. The van der Waals surface area contributed by atoms with Crippen molar-refractivity contribution in [2.75, 3.05) is 5.32 Å². The van der Waals surface area contributed by atoms with Gasteiger partial charge in [0, 0.05) is 17.1 Å². The van der Waals surface area contributed by atoms with Crippen LogP contribution in [0.3, 0.4) is 0 Å². The molecule has 2 aromatic heterocycles. The van der Waals surface area contributed by atoms with E-state index in [1.165, 1.54) is 24.5 Å². The molecule has 0 unspecified atom stereocenters. The molecule has 11 heteroatoms. The lowest BCUT2D eigenvalue weighted by molar-refractivity contribution is 0.102. The highest BCUT2D eigenvalue weighted by atomic mass is 19.1. The first-order valence-electron chi connectivity index (χ1n) is 10.4. The number of hydrogen-bond donors (Lipinski definition) is 2. The molecule has 1 amide bonds. The number of H-pyrrole nitrogens is 1. The average Bonchev–Trinajstić information content (AvgIpc) is 3.49. The van der Waals surface area contributed by atoms with Crippen LogP contribution in [0.2, 0.25) is 0 Å². The molecule has 0 aliphatic carbocycles. The van der Waals surface area contributed by atoms with Gasteiger partial charge >= 0.3 is 6.01 Å². The van der Waals surface area contributed by atoms with E-state index in [4.69, 9.17) is 13.9 Å². The number of halogens is 2. The number of carbonyl (C=O) groups excluding carboxylic acids is 1. The number of nitrogens with one attached hydrogen (secondary N) is 2. The number of aryl methyl sites for hydroxylation is 1. The van der Waals surface area contributed by atoms with Crippen molar-refractivity contribution in [3.8, 4) is 17.5 Å². The number of benzene rings is 3. The van der Waals surface area contributed by atoms with E-state index in [0.29, 0.717) is 11.4 Å². The third-order valence-electron chi connectivity index (χ3n) is 5.21. The van der Waals surface area contributed by atoms with E-state index in [-0.39, 0.29) is 40.7 Å². The van der Waals surface area contributed by atoms with E-state index in [0.717, 1.165) is 17.2 Å². The SMILES string of the molecule is Cc1cc(F)ccc1COc1ccc(NC(=O)c2coc3cc(Oc4nn[nH]n4)c(F)cc23)cc1. The Bertz CT molecular complexity index is 1500. The number of anilines is 1. The van der Waals surface area contributed by atoms with Crippen LogP contribution < -0.4 is 14.8 Å². The summed E-state index contributed by atoms with van der Waals surface area (Å²) in [6, 6.07) is 13.5. The van der Waals surface area contributed by atoms with Gasteiger partial charge in [-0.3, -0.25) is 4.79 Å². The van der Waals surface area contributed by atoms with Gasteiger partial charge in [-0.25, -0.2) is 8.78 Å². The number of hydrogen-bond acceptors (Lipinski definition) is 7. The zero-order chi connectivity index (χ0) is 24.4. The summed E-state index contributed by atoms with van der Waals surface area (Å²) in [5.74, 6) is -1.10. The smallest absolute Gasteiger partial charge is 0.361 e. The Kier molecular flexibility index (Phi) is 5.80. The van der Waals surface area contributed by atoms with Gasteiger partial charge in [0.05, 0.1) is 5.56 Å². The van der Waals surface area contributed by atoms with Crippen LogP contribution in [0.15, 0.2) is 65.3 Å². The van der Waals surface area contributed by atoms with E-state index in [1.54, 1.807) is 30.3 Å². The minimum Gasteiger partial charge on any atom is -0.489 e. The summed E-state index contributed by atoms with van der Waals surface area (Å²) in [6.07, 6.45) is 1.24. The zero-order valence-corrected chi connectivity index (χ0v) is 18.2. The fraction of sp³-hybridized carbons (Fsp3) is 0.0833.